The second kappa shape index (κ2) is 6.58. The van der Waals surface area contributed by atoms with E-state index in [2.05, 4.69) is 15.5 Å². The van der Waals surface area contributed by atoms with E-state index in [0.29, 0.717) is 15.6 Å². The van der Waals surface area contributed by atoms with Crippen LogP contribution in [0, 0.1) is 6.92 Å². The number of aryl methyl sites for hydroxylation is 3. The first-order valence-electron chi connectivity index (χ1n) is 8.12. The zero-order chi connectivity index (χ0) is 17.4. The van der Waals surface area contributed by atoms with Crippen LogP contribution in [0.4, 0.5) is 0 Å². The maximum absolute atomic E-state index is 12.2. The van der Waals surface area contributed by atoms with Gasteiger partial charge in [-0.05, 0) is 55.5 Å². The summed E-state index contributed by atoms with van der Waals surface area (Å²) in [5.41, 5.74) is 6.53. The average Bonchev–Trinajstić information content (AvgIpc) is 3.17. The zero-order valence-corrected chi connectivity index (χ0v) is 15.2. The minimum Gasteiger partial charge on any atom is -0.266 e. The molecule has 0 saturated carbocycles. The highest BCUT2D eigenvalue weighted by Crippen LogP contribution is 2.30. The van der Waals surface area contributed by atoms with Gasteiger partial charge >= 0.3 is 0 Å². The summed E-state index contributed by atoms with van der Waals surface area (Å²) in [5, 5.41) is 5.39. The van der Waals surface area contributed by atoms with Crippen molar-refractivity contribution in [3.05, 3.63) is 61.9 Å². The molecule has 1 N–H and O–H groups in total. The van der Waals surface area contributed by atoms with Crippen molar-refractivity contribution in [1.82, 2.24) is 10.4 Å². The third kappa shape index (κ3) is 3.30. The molecule has 4 nitrogen and oxygen atoms in total. The third-order valence-electron chi connectivity index (χ3n) is 4.29. The topological polar surface area (TPSA) is 54.4 Å². The number of carbonyl (C=O) groups is 1. The van der Waals surface area contributed by atoms with Gasteiger partial charge in [-0.15, -0.1) is 11.3 Å². The predicted molar refractivity (Wildman–Crippen MR) is 103 cm³/mol. The standard InChI is InChI=1S/C19H16ClN3OS/c1-11-5-6-12-8-14(18(20)22-15(12)7-11)10-21-23-19(24)17-9-13-3-2-4-16(13)25-17/h5-10H,2-4H2,1H3,(H,23,24)/b21-10-. The Kier molecular flexibility index (Phi) is 4.27. The number of hydrogen-bond acceptors (Lipinski definition) is 4. The van der Waals surface area contributed by atoms with E-state index in [-0.39, 0.29) is 5.91 Å². The number of aromatic nitrogens is 1. The van der Waals surface area contributed by atoms with Gasteiger partial charge in [0.1, 0.15) is 5.15 Å². The van der Waals surface area contributed by atoms with Crippen LogP contribution in [-0.4, -0.2) is 17.1 Å². The van der Waals surface area contributed by atoms with Gasteiger partial charge in [-0.25, -0.2) is 10.4 Å². The summed E-state index contributed by atoms with van der Waals surface area (Å²) >= 11 is 7.78. The fraction of sp³-hybridized carbons (Fsp3) is 0.211. The highest BCUT2D eigenvalue weighted by atomic mass is 35.5. The number of fused-ring (bicyclic) bond motifs is 2. The summed E-state index contributed by atoms with van der Waals surface area (Å²) in [5.74, 6) is -0.184. The number of carbonyl (C=O) groups excluding carboxylic acids is 1. The normalized spacial score (nSPS) is 13.5. The lowest BCUT2D eigenvalue weighted by atomic mass is 10.1. The molecular formula is C19H16ClN3OS. The smallest absolute Gasteiger partial charge is 0.266 e. The number of benzene rings is 1. The largest absolute Gasteiger partial charge is 0.281 e. The first-order chi connectivity index (χ1) is 12.1. The van der Waals surface area contributed by atoms with Gasteiger partial charge in [0.05, 0.1) is 16.6 Å². The lowest BCUT2D eigenvalue weighted by molar-refractivity contribution is 0.0959. The molecule has 1 aromatic carbocycles. The molecule has 0 saturated heterocycles. The van der Waals surface area contributed by atoms with Crippen molar-refractivity contribution in [2.24, 2.45) is 5.10 Å². The SMILES string of the molecule is Cc1ccc2cc(/C=N\NC(=O)c3cc4c(s3)CCC4)c(Cl)nc2c1. The number of halogens is 1. The minimum absolute atomic E-state index is 0.184. The number of thiophene rings is 1. The van der Waals surface area contributed by atoms with E-state index < -0.39 is 0 Å². The van der Waals surface area contributed by atoms with Gasteiger partial charge in [-0.3, -0.25) is 4.79 Å². The van der Waals surface area contributed by atoms with Crippen LogP contribution in [0.1, 0.15) is 37.7 Å². The number of pyridine rings is 1. The Morgan fingerprint density at radius 2 is 2.20 bits per heavy atom. The Morgan fingerprint density at radius 1 is 1.32 bits per heavy atom. The Bertz CT molecular complexity index is 988. The van der Waals surface area contributed by atoms with Crippen LogP contribution in [0.15, 0.2) is 35.4 Å². The number of rotatable bonds is 3. The van der Waals surface area contributed by atoms with Crippen molar-refractivity contribution < 1.29 is 4.79 Å². The molecule has 2 aromatic heterocycles. The van der Waals surface area contributed by atoms with E-state index in [1.807, 2.05) is 37.3 Å². The Balaban J connectivity index is 1.51. The molecule has 1 aliphatic rings. The van der Waals surface area contributed by atoms with Crippen LogP contribution in [0.2, 0.25) is 5.15 Å². The molecule has 0 fully saturated rings. The van der Waals surface area contributed by atoms with Crippen LogP contribution >= 0.6 is 22.9 Å². The second-order valence-corrected chi connectivity index (χ2v) is 7.67. The predicted octanol–water partition coefficient (Wildman–Crippen LogP) is 4.51. The molecule has 0 spiro atoms. The summed E-state index contributed by atoms with van der Waals surface area (Å²) in [6.07, 6.45) is 4.87. The molecule has 3 aromatic rings. The summed E-state index contributed by atoms with van der Waals surface area (Å²) in [7, 11) is 0. The molecule has 126 valence electrons. The number of hydrogen-bond donors (Lipinski definition) is 1. The molecule has 1 aliphatic carbocycles. The molecule has 0 unspecified atom stereocenters. The fourth-order valence-corrected chi connectivity index (χ4v) is 4.35. The molecule has 1 amide bonds. The Labute approximate surface area is 154 Å². The van der Waals surface area contributed by atoms with Crippen molar-refractivity contribution in [1.29, 1.82) is 0 Å². The number of amides is 1. The highest BCUT2D eigenvalue weighted by molar-refractivity contribution is 7.14. The molecule has 0 aliphatic heterocycles. The molecule has 2 heterocycles. The maximum Gasteiger partial charge on any atom is 0.281 e. The van der Waals surface area contributed by atoms with Crippen molar-refractivity contribution in [3.63, 3.8) is 0 Å². The van der Waals surface area contributed by atoms with E-state index in [1.165, 1.54) is 23.1 Å². The highest BCUT2D eigenvalue weighted by Gasteiger charge is 2.18. The monoisotopic (exact) mass is 369 g/mol. The van der Waals surface area contributed by atoms with Crippen LogP contribution in [0.25, 0.3) is 10.9 Å². The summed E-state index contributed by atoms with van der Waals surface area (Å²) in [6, 6.07) is 9.90. The number of hydrazone groups is 1. The van der Waals surface area contributed by atoms with Crippen molar-refractivity contribution in [2.45, 2.75) is 26.2 Å². The van der Waals surface area contributed by atoms with Crippen LogP contribution in [0.5, 0.6) is 0 Å². The van der Waals surface area contributed by atoms with Crippen molar-refractivity contribution in [2.75, 3.05) is 0 Å². The van der Waals surface area contributed by atoms with Crippen LogP contribution in [-0.2, 0) is 12.8 Å². The van der Waals surface area contributed by atoms with E-state index >= 15 is 0 Å². The maximum atomic E-state index is 12.2. The minimum atomic E-state index is -0.184. The first-order valence-corrected chi connectivity index (χ1v) is 9.31. The van der Waals surface area contributed by atoms with Gasteiger partial charge in [-0.2, -0.15) is 5.10 Å². The van der Waals surface area contributed by atoms with Crippen molar-refractivity contribution in [3.8, 4) is 0 Å². The van der Waals surface area contributed by atoms with E-state index in [0.717, 1.165) is 29.3 Å². The Hall–Kier alpha value is -2.24. The molecular weight excluding hydrogens is 354 g/mol. The van der Waals surface area contributed by atoms with E-state index in [1.54, 1.807) is 11.3 Å². The molecule has 0 radical (unpaired) electrons. The average molecular weight is 370 g/mol. The number of nitrogens with one attached hydrogen (secondary N) is 1. The van der Waals surface area contributed by atoms with E-state index in [4.69, 9.17) is 11.6 Å². The van der Waals surface area contributed by atoms with Gasteiger partial charge in [-0.1, -0.05) is 23.7 Å². The van der Waals surface area contributed by atoms with E-state index in [9.17, 15) is 4.79 Å². The first kappa shape index (κ1) is 16.2. The van der Waals surface area contributed by atoms with Gasteiger partial charge < -0.3 is 0 Å². The quantitative estimate of drug-likeness (QED) is 0.419. The number of nitrogens with zero attached hydrogens (tertiary/aromatic N) is 2. The van der Waals surface area contributed by atoms with Gasteiger partial charge in [0.25, 0.3) is 5.91 Å². The fourth-order valence-electron chi connectivity index (χ4n) is 3.02. The lowest BCUT2D eigenvalue weighted by Crippen LogP contribution is -2.16. The van der Waals surface area contributed by atoms with Gasteiger partial charge in [0, 0.05) is 15.8 Å². The molecule has 25 heavy (non-hydrogen) atoms. The lowest BCUT2D eigenvalue weighted by Gasteiger charge is -2.03. The molecule has 6 heteroatoms. The van der Waals surface area contributed by atoms with Crippen LogP contribution < -0.4 is 5.43 Å². The van der Waals surface area contributed by atoms with Gasteiger partial charge in [0.2, 0.25) is 0 Å². The summed E-state index contributed by atoms with van der Waals surface area (Å²) in [4.78, 5) is 18.6. The second-order valence-electron chi connectivity index (χ2n) is 6.18. The molecule has 0 atom stereocenters. The summed E-state index contributed by atoms with van der Waals surface area (Å²) < 4.78 is 0. The third-order valence-corrected chi connectivity index (χ3v) is 5.83. The summed E-state index contributed by atoms with van der Waals surface area (Å²) in [6.45, 7) is 2.01. The Morgan fingerprint density at radius 3 is 3.04 bits per heavy atom. The van der Waals surface area contributed by atoms with Crippen molar-refractivity contribution >= 4 is 46.0 Å². The molecule has 0 bridgehead atoms. The molecule has 4 rings (SSSR count). The zero-order valence-electron chi connectivity index (χ0n) is 13.7. The van der Waals surface area contributed by atoms with Crippen LogP contribution in [0.3, 0.4) is 0 Å². The van der Waals surface area contributed by atoms with Gasteiger partial charge in [0.15, 0.2) is 0 Å².